The number of rotatable bonds is 4. The van der Waals surface area contributed by atoms with Gasteiger partial charge in [0.05, 0.1) is 6.61 Å². The van der Waals surface area contributed by atoms with Gasteiger partial charge in [0.15, 0.2) is 5.58 Å². The summed E-state index contributed by atoms with van der Waals surface area (Å²) in [5, 5.41) is 11.8. The average molecular weight is 305 g/mol. The summed E-state index contributed by atoms with van der Waals surface area (Å²) in [6, 6.07) is 5.13. The maximum absolute atomic E-state index is 12.1. The number of carbonyl (C=O) groups excluding carboxylic acids is 1. The van der Waals surface area contributed by atoms with Crippen molar-refractivity contribution in [1.82, 2.24) is 9.88 Å². The number of aliphatic hydroxyl groups is 1. The molecule has 0 atom stereocenters. The lowest BCUT2D eigenvalue weighted by Gasteiger charge is -2.20. The minimum absolute atomic E-state index is 0.0570. The highest BCUT2D eigenvalue weighted by Crippen LogP contribution is 2.27. The molecule has 0 unspecified atom stereocenters. The fraction of sp³-hybridized carbons (Fsp3) is 0.500. The van der Waals surface area contributed by atoms with Crippen LogP contribution in [0.15, 0.2) is 22.6 Å². The molecule has 2 N–H and O–H groups in total. The fourth-order valence-electron chi connectivity index (χ4n) is 2.05. The minimum Gasteiger partial charge on any atom is -0.440 e. The van der Waals surface area contributed by atoms with Gasteiger partial charge in [-0.05, 0) is 25.1 Å². The predicted molar refractivity (Wildman–Crippen MR) is 86.1 cm³/mol. The zero-order valence-corrected chi connectivity index (χ0v) is 13.5. The van der Waals surface area contributed by atoms with Crippen molar-refractivity contribution in [3.63, 3.8) is 0 Å². The first-order chi connectivity index (χ1) is 10.3. The van der Waals surface area contributed by atoms with Crippen LogP contribution < -0.4 is 5.32 Å². The lowest BCUT2D eigenvalue weighted by molar-refractivity contribution is 0.192. The number of benzene rings is 1. The Kier molecular flexibility index (Phi) is 4.71. The van der Waals surface area contributed by atoms with Crippen LogP contribution in [0.3, 0.4) is 0 Å². The zero-order chi connectivity index (χ0) is 16.3. The Labute approximate surface area is 130 Å². The molecule has 1 aromatic carbocycles. The molecule has 0 spiro atoms. The number of nitrogens with one attached hydrogen (secondary N) is 1. The van der Waals surface area contributed by atoms with E-state index < -0.39 is 0 Å². The van der Waals surface area contributed by atoms with E-state index in [1.165, 1.54) is 4.90 Å². The zero-order valence-electron chi connectivity index (χ0n) is 13.5. The van der Waals surface area contributed by atoms with Gasteiger partial charge in [-0.15, -0.1) is 0 Å². The van der Waals surface area contributed by atoms with E-state index in [2.05, 4.69) is 10.3 Å². The first kappa shape index (κ1) is 16.3. The van der Waals surface area contributed by atoms with Crippen molar-refractivity contribution in [2.75, 3.05) is 25.0 Å². The molecule has 0 bridgehead atoms. The number of nitrogens with zero attached hydrogens (tertiary/aromatic N) is 2. The highest BCUT2D eigenvalue weighted by Gasteiger charge is 2.21. The second-order valence-electron chi connectivity index (χ2n) is 6.18. The summed E-state index contributed by atoms with van der Waals surface area (Å²) in [6.45, 7) is 8.76. The number of aliphatic hydroxyl groups excluding tert-OH is 1. The second-order valence-corrected chi connectivity index (χ2v) is 6.18. The minimum atomic E-state index is -0.240. The molecule has 0 fully saturated rings. The van der Waals surface area contributed by atoms with Gasteiger partial charge in [0.25, 0.3) is 0 Å². The van der Waals surface area contributed by atoms with Crippen molar-refractivity contribution in [3.05, 3.63) is 24.1 Å². The molecule has 2 amide bonds. The quantitative estimate of drug-likeness (QED) is 0.910. The number of likely N-dealkylation sites (N-methyl/N-ethyl adjacent to an activating group) is 1. The molecule has 0 saturated carbocycles. The van der Waals surface area contributed by atoms with E-state index in [9.17, 15) is 4.79 Å². The second kappa shape index (κ2) is 6.36. The van der Waals surface area contributed by atoms with E-state index in [1.54, 1.807) is 18.2 Å². The number of aromatic nitrogens is 1. The van der Waals surface area contributed by atoms with Gasteiger partial charge in [-0.3, -0.25) is 0 Å². The van der Waals surface area contributed by atoms with E-state index in [1.807, 2.05) is 27.7 Å². The van der Waals surface area contributed by atoms with Gasteiger partial charge in [0.1, 0.15) is 5.52 Å². The van der Waals surface area contributed by atoms with Crippen LogP contribution in [0.25, 0.3) is 11.1 Å². The summed E-state index contributed by atoms with van der Waals surface area (Å²) in [5.41, 5.74) is 1.91. The van der Waals surface area contributed by atoms with Gasteiger partial charge in [0.2, 0.25) is 5.89 Å². The van der Waals surface area contributed by atoms with Crippen LogP contribution in [0, 0.1) is 0 Å². The molecule has 0 radical (unpaired) electrons. The highest BCUT2D eigenvalue weighted by molar-refractivity contribution is 5.91. The van der Waals surface area contributed by atoms with Crippen molar-refractivity contribution < 1.29 is 14.3 Å². The summed E-state index contributed by atoms with van der Waals surface area (Å²) in [5.74, 6) is 0.668. The molecule has 120 valence electrons. The van der Waals surface area contributed by atoms with Crippen molar-refractivity contribution in [2.24, 2.45) is 0 Å². The Balaban J connectivity index is 2.20. The number of hydrogen-bond acceptors (Lipinski definition) is 4. The number of urea groups is 1. The van der Waals surface area contributed by atoms with E-state index in [4.69, 9.17) is 9.52 Å². The average Bonchev–Trinajstić information content (AvgIpc) is 2.87. The molecular weight excluding hydrogens is 282 g/mol. The maximum atomic E-state index is 12.1. The normalized spacial score (nSPS) is 11.7. The van der Waals surface area contributed by atoms with E-state index in [-0.39, 0.29) is 18.1 Å². The first-order valence-electron chi connectivity index (χ1n) is 7.43. The standard InChI is InChI=1S/C16H23N3O3/c1-5-19(8-9-20)15(21)17-11-6-7-13-12(10-11)18-14(22-13)16(2,3)4/h6-7,10,20H,5,8-9H2,1-4H3,(H,17,21). The number of carbonyl (C=O) groups is 1. The molecule has 6 nitrogen and oxygen atoms in total. The summed E-state index contributed by atoms with van der Waals surface area (Å²) >= 11 is 0. The van der Waals surface area contributed by atoms with Crippen LogP contribution in [0.2, 0.25) is 0 Å². The number of oxazole rings is 1. The molecule has 2 rings (SSSR count). The van der Waals surface area contributed by atoms with Crippen LogP contribution in [0.5, 0.6) is 0 Å². The smallest absolute Gasteiger partial charge is 0.321 e. The van der Waals surface area contributed by atoms with Gasteiger partial charge in [-0.25, -0.2) is 9.78 Å². The molecule has 0 saturated heterocycles. The Hall–Kier alpha value is -2.08. The van der Waals surface area contributed by atoms with Crippen molar-refractivity contribution in [1.29, 1.82) is 0 Å². The van der Waals surface area contributed by atoms with Crippen molar-refractivity contribution in [3.8, 4) is 0 Å². The molecule has 1 aromatic heterocycles. The molecule has 0 aliphatic carbocycles. The Morgan fingerprint density at radius 2 is 2.14 bits per heavy atom. The number of amides is 2. The number of anilines is 1. The molecule has 0 aliphatic rings. The number of hydrogen-bond donors (Lipinski definition) is 2. The lowest BCUT2D eigenvalue weighted by Crippen LogP contribution is -2.36. The monoisotopic (exact) mass is 305 g/mol. The summed E-state index contributed by atoms with van der Waals surface area (Å²) in [6.07, 6.45) is 0. The van der Waals surface area contributed by atoms with Crippen molar-refractivity contribution in [2.45, 2.75) is 33.1 Å². The highest BCUT2D eigenvalue weighted by atomic mass is 16.3. The Bertz CT molecular complexity index is 658. The van der Waals surface area contributed by atoms with E-state index >= 15 is 0 Å². The van der Waals surface area contributed by atoms with Crippen LogP contribution in [-0.4, -0.2) is 40.7 Å². The van der Waals surface area contributed by atoms with Gasteiger partial charge in [0, 0.05) is 24.2 Å². The van der Waals surface area contributed by atoms with Crippen LogP contribution in [0.4, 0.5) is 10.5 Å². The molecule has 1 heterocycles. The summed E-state index contributed by atoms with van der Waals surface area (Å²) in [4.78, 5) is 18.1. The van der Waals surface area contributed by atoms with Crippen molar-refractivity contribution >= 4 is 22.8 Å². The topological polar surface area (TPSA) is 78.6 Å². The van der Waals surface area contributed by atoms with Gasteiger partial charge >= 0.3 is 6.03 Å². The van der Waals surface area contributed by atoms with Crippen LogP contribution >= 0.6 is 0 Å². The lowest BCUT2D eigenvalue weighted by atomic mass is 9.97. The van der Waals surface area contributed by atoms with Gasteiger partial charge in [-0.2, -0.15) is 0 Å². The van der Waals surface area contributed by atoms with E-state index in [0.717, 1.165) is 0 Å². The predicted octanol–water partition coefficient (Wildman–Crippen LogP) is 2.97. The van der Waals surface area contributed by atoms with Gasteiger partial charge in [-0.1, -0.05) is 20.8 Å². The number of fused-ring (bicyclic) bond motifs is 1. The van der Waals surface area contributed by atoms with Crippen LogP contribution in [-0.2, 0) is 5.41 Å². The molecule has 0 aliphatic heterocycles. The molecule has 2 aromatic rings. The largest absolute Gasteiger partial charge is 0.440 e. The Morgan fingerprint density at radius 1 is 1.41 bits per heavy atom. The summed E-state index contributed by atoms with van der Waals surface area (Å²) < 4.78 is 5.73. The molecular formula is C16H23N3O3. The Morgan fingerprint density at radius 3 is 2.73 bits per heavy atom. The van der Waals surface area contributed by atoms with Gasteiger partial charge < -0.3 is 19.7 Å². The first-order valence-corrected chi connectivity index (χ1v) is 7.43. The fourth-order valence-corrected chi connectivity index (χ4v) is 2.05. The van der Waals surface area contributed by atoms with Crippen LogP contribution in [0.1, 0.15) is 33.6 Å². The molecule has 6 heteroatoms. The summed E-state index contributed by atoms with van der Waals surface area (Å²) in [7, 11) is 0. The third-order valence-corrected chi connectivity index (χ3v) is 3.32. The molecule has 22 heavy (non-hydrogen) atoms. The van der Waals surface area contributed by atoms with E-state index in [0.29, 0.717) is 35.8 Å². The maximum Gasteiger partial charge on any atom is 0.321 e. The third kappa shape index (κ3) is 3.57. The SMILES string of the molecule is CCN(CCO)C(=O)Nc1ccc2oc(C(C)(C)C)nc2c1. The third-order valence-electron chi connectivity index (χ3n) is 3.32.